The molecule has 1 saturated heterocycles. The van der Waals surface area contributed by atoms with E-state index in [0.29, 0.717) is 17.5 Å². The first-order valence-corrected chi connectivity index (χ1v) is 11.8. The maximum atomic E-state index is 11.7. The van der Waals surface area contributed by atoms with Crippen LogP contribution in [-0.2, 0) is 4.79 Å². The van der Waals surface area contributed by atoms with Crippen molar-refractivity contribution in [3.63, 3.8) is 0 Å². The van der Waals surface area contributed by atoms with Crippen molar-refractivity contribution < 1.29 is 9.90 Å². The van der Waals surface area contributed by atoms with Gasteiger partial charge in [-0.3, -0.25) is 9.69 Å². The van der Waals surface area contributed by atoms with Crippen LogP contribution >= 0.6 is 0 Å². The zero-order valence-electron chi connectivity index (χ0n) is 19.8. The van der Waals surface area contributed by atoms with Crippen molar-refractivity contribution in [2.24, 2.45) is 0 Å². The van der Waals surface area contributed by atoms with Crippen LogP contribution in [-0.4, -0.2) is 74.8 Å². The third-order valence-electron chi connectivity index (χ3n) is 6.13. The SMILES string of the molecule is C=CC(=O)Nc1cccc(-c2ncc3cnc(Nc4ccc(N5CCN(CCO)CC5)cc4)nn23)c1. The number of aliphatic hydroxyl groups excluding tert-OH is 1. The molecule has 2 aromatic heterocycles. The van der Waals surface area contributed by atoms with E-state index in [2.05, 4.69) is 54.2 Å². The summed E-state index contributed by atoms with van der Waals surface area (Å²) in [5.74, 6) is 0.813. The lowest BCUT2D eigenvalue weighted by Gasteiger charge is -2.35. The summed E-state index contributed by atoms with van der Waals surface area (Å²) in [6, 6.07) is 15.6. The van der Waals surface area contributed by atoms with Crippen LogP contribution in [0.4, 0.5) is 23.0 Å². The number of piperazine rings is 1. The number of carbonyl (C=O) groups excluding carboxylic acids is 1. The first kappa shape index (κ1) is 23.5. The van der Waals surface area contributed by atoms with Crippen LogP contribution in [0.3, 0.4) is 0 Å². The number of β-amino-alcohol motifs (C(OH)–C–C–N with tert-alkyl or cyclic N) is 1. The van der Waals surface area contributed by atoms with E-state index in [0.717, 1.165) is 49.5 Å². The van der Waals surface area contributed by atoms with Gasteiger partial charge in [-0.15, -0.1) is 5.10 Å². The molecule has 3 N–H and O–H groups in total. The first-order valence-electron chi connectivity index (χ1n) is 11.8. The molecule has 5 rings (SSSR count). The van der Waals surface area contributed by atoms with Crippen LogP contribution in [0.5, 0.6) is 0 Å². The Balaban J connectivity index is 1.31. The highest BCUT2D eigenvalue weighted by Crippen LogP contribution is 2.24. The lowest BCUT2D eigenvalue weighted by atomic mass is 10.2. The Morgan fingerprint density at radius 1 is 1.03 bits per heavy atom. The Labute approximate surface area is 208 Å². The van der Waals surface area contributed by atoms with Crippen molar-refractivity contribution in [2.75, 3.05) is 54.9 Å². The smallest absolute Gasteiger partial charge is 0.247 e. The van der Waals surface area contributed by atoms with Gasteiger partial charge in [-0.2, -0.15) is 0 Å². The lowest BCUT2D eigenvalue weighted by molar-refractivity contribution is -0.111. The van der Waals surface area contributed by atoms with Gasteiger partial charge in [-0.25, -0.2) is 14.5 Å². The Hall–Kier alpha value is -4.28. The molecule has 2 aromatic carbocycles. The normalized spacial score (nSPS) is 14.1. The number of nitrogens with zero attached hydrogens (tertiary/aromatic N) is 6. The number of imidazole rings is 1. The number of nitrogens with one attached hydrogen (secondary N) is 2. The van der Waals surface area contributed by atoms with E-state index in [4.69, 9.17) is 5.11 Å². The van der Waals surface area contributed by atoms with E-state index in [-0.39, 0.29) is 12.5 Å². The molecule has 10 nitrogen and oxygen atoms in total. The fourth-order valence-electron chi connectivity index (χ4n) is 4.24. The molecule has 3 heterocycles. The van der Waals surface area contributed by atoms with Gasteiger partial charge in [0, 0.05) is 55.3 Å². The summed E-state index contributed by atoms with van der Waals surface area (Å²) in [6.45, 7) is 8.20. The summed E-state index contributed by atoms with van der Waals surface area (Å²) in [6.07, 6.45) is 4.66. The van der Waals surface area contributed by atoms with E-state index < -0.39 is 0 Å². The number of anilines is 4. The molecule has 0 saturated carbocycles. The largest absolute Gasteiger partial charge is 0.395 e. The number of aliphatic hydroxyl groups is 1. The minimum atomic E-state index is -0.274. The highest BCUT2D eigenvalue weighted by Gasteiger charge is 2.17. The molecule has 0 spiro atoms. The molecular formula is C26H28N8O2. The predicted molar refractivity (Wildman–Crippen MR) is 141 cm³/mol. The second-order valence-electron chi connectivity index (χ2n) is 8.50. The molecule has 1 aliphatic heterocycles. The van der Waals surface area contributed by atoms with Crippen LogP contribution in [0, 0.1) is 0 Å². The number of benzene rings is 2. The highest BCUT2D eigenvalue weighted by atomic mass is 16.3. The van der Waals surface area contributed by atoms with Crippen LogP contribution in [0.2, 0.25) is 0 Å². The maximum Gasteiger partial charge on any atom is 0.247 e. The number of rotatable bonds is 8. The van der Waals surface area contributed by atoms with Gasteiger partial charge in [0.25, 0.3) is 0 Å². The van der Waals surface area contributed by atoms with E-state index in [1.54, 1.807) is 23.0 Å². The average molecular weight is 485 g/mol. The quantitative estimate of drug-likeness (QED) is 0.328. The standard InChI is InChI=1S/C26H28N8O2/c1-2-24(36)29-21-5-3-4-19(16-21)25-27-17-23-18-28-26(31-34(23)25)30-20-6-8-22(9-7-20)33-12-10-32(11-13-33)14-15-35/h2-9,16-18,35H,1,10-15H2,(H,29,36)(H,30,31). The zero-order chi connectivity index (χ0) is 24.9. The Morgan fingerprint density at radius 2 is 1.81 bits per heavy atom. The Morgan fingerprint density at radius 3 is 2.56 bits per heavy atom. The van der Waals surface area contributed by atoms with E-state index >= 15 is 0 Å². The molecule has 0 unspecified atom stereocenters. The number of fused-ring (bicyclic) bond motifs is 1. The third kappa shape index (κ3) is 5.19. The topological polar surface area (TPSA) is 111 Å². The summed E-state index contributed by atoms with van der Waals surface area (Å²) in [5, 5.41) is 19.8. The predicted octanol–water partition coefficient (Wildman–Crippen LogP) is 2.77. The van der Waals surface area contributed by atoms with Gasteiger partial charge in [-0.1, -0.05) is 18.7 Å². The van der Waals surface area contributed by atoms with Crippen molar-refractivity contribution >= 4 is 34.4 Å². The van der Waals surface area contributed by atoms with Crippen LogP contribution in [0.1, 0.15) is 0 Å². The van der Waals surface area contributed by atoms with Gasteiger partial charge in [0.1, 0.15) is 5.52 Å². The van der Waals surface area contributed by atoms with Gasteiger partial charge >= 0.3 is 0 Å². The van der Waals surface area contributed by atoms with E-state index in [1.165, 1.54) is 11.8 Å². The summed E-state index contributed by atoms with van der Waals surface area (Å²) < 4.78 is 1.73. The molecule has 1 aliphatic rings. The number of hydrogen-bond acceptors (Lipinski definition) is 8. The molecular weight excluding hydrogens is 456 g/mol. The Kier molecular flexibility index (Phi) is 6.87. The number of hydrogen-bond donors (Lipinski definition) is 3. The minimum absolute atomic E-state index is 0.204. The second kappa shape index (κ2) is 10.5. The van der Waals surface area contributed by atoms with Crippen molar-refractivity contribution in [1.82, 2.24) is 24.5 Å². The van der Waals surface area contributed by atoms with Crippen molar-refractivity contribution in [1.29, 1.82) is 0 Å². The van der Waals surface area contributed by atoms with Crippen molar-refractivity contribution in [3.8, 4) is 11.4 Å². The van der Waals surface area contributed by atoms with Gasteiger partial charge in [-0.05, 0) is 42.5 Å². The molecule has 4 aromatic rings. The number of aromatic nitrogens is 4. The molecule has 0 atom stereocenters. The van der Waals surface area contributed by atoms with Crippen molar-refractivity contribution in [3.05, 3.63) is 73.6 Å². The Bertz CT molecular complexity index is 1360. The zero-order valence-corrected chi connectivity index (χ0v) is 19.8. The van der Waals surface area contributed by atoms with Gasteiger partial charge in [0.05, 0.1) is 19.0 Å². The first-order chi connectivity index (χ1) is 17.6. The molecule has 1 fully saturated rings. The molecule has 1 amide bonds. The third-order valence-corrected chi connectivity index (χ3v) is 6.13. The second-order valence-corrected chi connectivity index (χ2v) is 8.50. The minimum Gasteiger partial charge on any atom is -0.395 e. The van der Waals surface area contributed by atoms with Gasteiger partial charge < -0.3 is 20.6 Å². The highest BCUT2D eigenvalue weighted by molar-refractivity contribution is 5.99. The average Bonchev–Trinajstić information content (AvgIpc) is 3.33. The van der Waals surface area contributed by atoms with E-state index in [9.17, 15) is 4.79 Å². The van der Waals surface area contributed by atoms with Crippen LogP contribution < -0.4 is 15.5 Å². The molecule has 0 radical (unpaired) electrons. The summed E-state index contributed by atoms with van der Waals surface area (Å²) in [7, 11) is 0. The number of carbonyl (C=O) groups is 1. The van der Waals surface area contributed by atoms with Gasteiger partial charge in [0.15, 0.2) is 5.82 Å². The van der Waals surface area contributed by atoms with Crippen LogP contribution in [0.25, 0.3) is 16.9 Å². The number of amides is 1. The molecule has 184 valence electrons. The monoisotopic (exact) mass is 484 g/mol. The summed E-state index contributed by atoms with van der Waals surface area (Å²) in [4.78, 5) is 25.2. The molecule has 0 bridgehead atoms. The molecule has 36 heavy (non-hydrogen) atoms. The van der Waals surface area contributed by atoms with E-state index in [1.807, 2.05) is 30.3 Å². The summed E-state index contributed by atoms with van der Waals surface area (Å²) in [5.41, 5.74) is 4.27. The van der Waals surface area contributed by atoms with Crippen molar-refractivity contribution in [2.45, 2.75) is 0 Å². The lowest BCUT2D eigenvalue weighted by Crippen LogP contribution is -2.47. The fourth-order valence-corrected chi connectivity index (χ4v) is 4.24. The molecule has 0 aliphatic carbocycles. The van der Waals surface area contributed by atoms with Gasteiger partial charge in [0.2, 0.25) is 11.9 Å². The maximum absolute atomic E-state index is 11.7. The molecule has 10 heteroatoms. The van der Waals surface area contributed by atoms with Crippen LogP contribution in [0.15, 0.2) is 73.6 Å². The summed E-state index contributed by atoms with van der Waals surface area (Å²) >= 11 is 0. The fraction of sp³-hybridized carbons (Fsp3) is 0.231.